The number of aromatic amines is 1. The lowest BCUT2D eigenvalue weighted by Gasteiger charge is -2.27. The van der Waals surface area contributed by atoms with E-state index in [1.807, 2.05) is 12.1 Å². The van der Waals surface area contributed by atoms with Crippen molar-refractivity contribution in [3.63, 3.8) is 0 Å². The highest BCUT2D eigenvalue weighted by Gasteiger charge is 2.30. The summed E-state index contributed by atoms with van der Waals surface area (Å²) < 4.78 is 2.20. The fourth-order valence-electron chi connectivity index (χ4n) is 4.19. The molecule has 26 heavy (non-hydrogen) atoms. The summed E-state index contributed by atoms with van der Waals surface area (Å²) in [6.45, 7) is 0. The monoisotopic (exact) mass is 364 g/mol. The number of benzene rings is 2. The fourth-order valence-corrected chi connectivity index (χ4v) is 4.32. The molecule has 1 unspecified atom stereocenters. The first-order chi connectivity index (χ1) is 12.6. The molecule has 2 aromatic heterocycles. The van der Waals surface area contributed by atoms with Crippen molar-refractivity contribution < 1.29 is 10.2 Å². The minimum absolute atomic E-state index is 0.0127. The number of aromatic hydroxyl groups is 2. The first kappa shape index (κ1) is 15.4. The zero-order valence-electron chi connectivity index (χ0n) is 13.9. The third-order valence-corrected chi connectivity index (χ3v) is 5.56. The summed E-state index contributed by atoms with van der Waals surface area (Å²) in [5.74, 6) is -0.0132. The summed E-state index contributed by atoms with van der Waals surface area (Å²) in [5.41, 5.74) is 4.69. The minimum Gasteiger partial charge on any atom is -0.494 e. The van der Waals surface area contributed by atoms with Crippen LogP contribution in [0.5, 0.6) is 11.8 Å². The second-order valence-electron chi connectivity index (χ2n) is 6.75. The van der Waals surface area contributed by atoms with E-state index < -0.39 is 0 Å². The molecule has 1 aliphatic rings. The van der Waals surface area contributed by atoms with Crippen LogP contribution in [0.2, 0.25) is 5.02 Å². The molecular weight excluding hydrogens is 348 g/mol. The summed E-state index contributed by atoms with van der Waals surface area (Å²) in [4.78, 5) is 2.70. The maximum absolute atomic E-state index is 10.6. The number of halogens is 1. The molecule has 5 rings (SSSR count). The highest BCUT2D eigenvalue weighted by molar-refractivity contribution is 6.30. The highest BCUT2D eigenvalue weighted by Crippen LogP contribution is 2.46. The molecule has 4 aromatic rings. The van der Waals surface area contributed by atoms with E-state index in [-0.39, 0.29) is 17.8 Å². The van der Waals surface area contributed by atoms with Crippen LogP contribution in [-0.4, -0.2) is 19.8 Å². The molecule has 0 bridgehead atoms. The van der Waals surface area contributed by atoms with Gasteiger partial charge in [-0.15, -0.1) is 0 Å². The quantitative estimate of drug-likeness (QED) is 0.455. The van der Waals surface area contributed by atoms with E-state index in [0.29, 0.717) is 10.6 Å². The lowest BCUT2D eigenvalue weighted by Crippen LogP contribution is -2.16. The van der Waals surface area contributed by atoms with Crippen LogP contribution in [-0.2, 0) is 6.42 Å². The molecule has 1 aliphatic heterocycles. The Bertz CT molecular complexity index is 1130. The summed E-state index contributed by atoms with van der Waals surface area (Å²) in [6.07, 6.45) is 3.84. The predicted octanol–water partition coefficient (Wildman–Crippen LogP) is 5.24. The van der Waals surface area contributed by atoms with Crippen molar-refractivity contribution in [2.45, 2.75) is 18.9 Å². The maximum Gasteiger partial charge on any atom is 0.199 e. The number of aromatic nitrogens is 2. The van der Waals surface area contributed by atoms with Gasteiger partial charge in [0.1, 0.15) is 0 Å². The van der Waals surface area contributed by atoms with Gasteiger partial charge in [0.15, 0.2) is 11.8 Å². The Balaban J connectivity index is 1.73. The van der Waals surface area contributed by atoms with E-state index in [9.17, 15) is 10.2 Å². The molecular formula is C21H17ClN2O2. The van der Waals surface area contributed by atoms with Crippen LogP contribution in [0.3, 0.4) is 0 Å². The molecule has 2 aromatic carbocycles. The lowest BCUT2D eigenvalue weighted by molar-refractivity contribution is 0.416. The molecule has 1 atom stereocenters. The number of H-pyrrole nitrogens is 1. The Labute approximate surface area is 155 Å². The van der Waals surface area contributed by atoms with Crippen LogP contribution < -0.4 is 0 Å². The average Bonchev–Trinajstić information content (AvgIpc) is 3.19. The third kappa shape index (κ3) is 2.15. The second-order valence-corrected chi connectivity index (χ2v) is 7.19. The van der Waals surface area contributed by atoms with Crippen LogP contribution in [0.4, 0.5) is 0 Å². The van der Waals surface area contributed by atoms with Crippen LogP contribution in [0.15, 0.2) is 54.7 Å². The minimum atomic E-state index is -0.0507. The van der Waals surface area contributed by atoms with Crippen LogP contribution in [0.1, 0.15) is 23.6 Å². The zero-order chi connectivity index (χ0) is 17.8. The smallest absolute Gasteiger partial charge is 0.199 e. The summed E-state index contributed by atoms with van der Waals surface area (Å²) in [5, 5.41) is 22.8. The average molecular weight is 365 g/mol. The molecule has 3 N–H and O–H groups in total. The molecule has 0 amide bonds. The van der Waals surface area contributed by atoms with E-state index in [4.69, 9.17) is 11.6 Å². The normalized spacial score (nSPS) is 16.3. The van der Waals surface area contributed by atoms with Crippen LogP contribution >= 0.6 is 11.6 Å². The van der Waals surface area contributed by atoms with E-state index in [0.717, 1.165) is 24.0 Å². The van der Waals surface area contributed by atoms with Crippen molar-refractivity contribution in [1.29, 1.82) is 0 Å². The van der Waals surface area contributed by atoms with Crippen molar-refractivity contribution in [3.8, 4) is 22.9 Å². The molecule has 0 saturated carbocycles. The molecule has 3 heterocycles. The van der Waals surface area contributed by atoms with Gasteiger partial charge in [-0.25, -0.2) is 0 Å². The van der Waals surface area contributed by atoms with Gasteiger partial charge in [0.05, 0.1) is 17.1 Å². The number of rotatable bonds is 2. The number of para-hydroxylation sites is 1. The van der Waals surface area contributed by atoms with Gasteiger partial charge in [-0.3, -0.25) is 4.98 Å². The van der Waals surface area contributed by atoms with Crippen molar-refractivity contribution in [2.24, 2.45) is 0 Å². The van der Waals surface area contributed by atoms with Gasteiger partial charge in [0.2, 0.25) is 0 Å². The molecule has 4 nitrogen and oxygen atoms in total. The molecule has 0 saturated heterocycles. The molecule has 0 spiro atoms. The Hall–Kier alpha value is -2.85. The number of nitrogens with zero attached hydrogens (tertiary/aromatic N) is 1. The van der Waals surface area contributed by atoms with Gasteiger partial charge in [-0.05, 0) is 47.6 Å². The third-order valence-electron chi connectivity index (χ3n) is 5.31. The van der Waals surface area contributed by atoms with E-state index in [1.165, 1.54) is 16.5 Å². The van der Waals surface area contributed by atoms with Crippen molar-refractivity contribution in [2.75, 3.05) is 0 Å². The second kappa shape index (κ2) is 5.58. The Morgan fingerprint density at radius 2 is 1.81 bits per heavy atom. The van der Waals surface area contributed by atoms with Gasteiger partial charge in [-0.2, -0.15) is 0 Å². The maximum atomic E-state index is 10.6. The molecule has 0 aliphatic carbocycles. The van der Waals surface area contributed by atoms with Crippen molar-refractivity contribution in [3.05, 3.63) is 70.9 Å². The molecule has 0 fully saturated rings. The summed E-state index contributed by atoms with van der Waals surface area (Å²) >= 11 is 6.00. The standard InChI is InChI=1S/C21H17ClN2O2/c22-15-7-4-12(5-8-15)17-18(21(26)23-20(17)25)16-9-6-13-2-1-3-14-10-11-24(16)19(13)14/h1-5,7-8,10-11,16,23,25-26H,6,9H2. The van der Waals surface area contributed by atoms with E-state index >= 15 is 0 Å². The van der Waals surface area contributed by atoms with E-state index in [2.05, 4.69) is 40.0 Å². The van der Waals surface area contributed by atoms with Gasteiger partial charge in [-0.1, -0.05) is 41.9 Å². The van der Waals surface area contributed by atoms with Gasteiger partial charge in [0.25, 0.3) is 0 Å². The van der Waals surface area contributed by atoms with Crippen molar-refractivity contribution in [1.82, 2.24) is 9.55 Å². The van der Waals surface area contributed by atoms with Gasteiger partial charge in [0, 0.05) is 16.8 Å². The van der Waals surface area contributed by atoms with Crippen LogP contribution in [0.25, 0.3) is 22.0 Å². The topological polar surface area (TPSA) is 61.2 Å². The molecule has 130 valence electrons. The molecule has 5 heteroatoms. The Morgan fingerprint density at radius 1 is 1.00 bits per heavy atom. The number of hydrogen-bond donors (Lipinski definition) is 3. The zero-order valence-corrected chi connectivity index (χ0v) is 14.7. The predicted molar refractivity (Wildman–Crippen MR) is 103 cm³/mol. The van der Waals surface area contributed by atoms with E-state index in [1.54, 1.807) is 12.1 Å². The lowest BCUT2D eigenvalue weighted by atomic mass is 9.91. The van der Waals surface area contributed by atoms with Gasteiger partial charge < -0.3 is 14.8 Å². The van der Waals surface area contributed by atoms with Crippen molar-refractivity contribution >= 4 is 22.5 Å². The Morgan fingerprint density at radius 3 is 2.62 bits per heavy atom. The first-order valence-electron chi connectivity index (χ1n) is 8.61. The number of aryl methyl sites for hydroxylation is 1. The van der Waals surface area contributed by atoms with Gasteiger partial charge >= 0.3 is 0 Å². The molecule has 0 radical (unpaired) electrons. The number of nitrogens with one attached hydrogen (secondary N) is 1. The fraction of sp³-hybridized carbons (Fsp3) is 0.143. The first-order valence-corrected chi connectivity index (χ1v) is 8.99. The summed E-state index contributed by atoms with van der Waals surface area (Å²) in [7, 11) is 0. The number of hydrogen-bond acceptors (Lipinski definition) is 2. The van der Waals surface area contributed by atoms with Crippen LogP contribution in [0, 0.1) is 0 Å². The summed E-state index contributed by atoms with van der Waals surface area (Å²) in [6, 6.07) is 15.7. The highest BCUT2D eigenvalue weighted by atomic mass is 35.5. The Kier molecular flexibility index (Phi) is 3.31. The largest absolute Gasteiger partial charge is 0.494 e. The SMILES string of the molecule is Oc1[nH]c(O)c(C2CCc3cccc4ccn2c34)c1-c1ccc(Cl)cc1.